The second-order valence-electron chi connectivity index (χ2n) is 5.75. The highest BCUT2D eigenvalue weighted by Gasteiger charge is 2.28. The average Bonchev–Trinajstić information content (AvgIpc) is 2.61. The Labute approximate surface area is 146 Å². The molecular weight excluding hydrogens is 328 g/mol. The lowest BCUT2D eigenvalue weighted by Crippen LogP contribution is -2.47. The van der Waals surface area contributed by atoms with E-state index in [4.69, 9.17) is 21.4 Å². The van der Waals surface area contributed by atoms with E-state index in [2.05, 4.69) is 32.9 Å². The summed E-state index contributed by atoms with van der Waals surface area (Å²) in [5.74, 6) is 1.20. The van der Waals surface area contributed by atoms with Gasteiger partial charge in [0.25, 0.3) is 0 Å². The molecule has 3 rings (SSSR count). The molecule has 0 radical (unpaired) electrons. The number of aromatic nitrogens is 2. The summed E-state index contributed by atoms with van der Waals surface area (Å²) in [5, 5.41) is 9.64. The smallest absolute Gasteiger partial charge is 0.234 e. The quantitative estimate of drug-likeness (QED) is 0.891. The van der Waals surface area contributed by atoms with Gasteiger partial charge in [0.05, 0.1) is 25.0 Å². The van der Waals surface area contributed by atoms with Gasteiger partial charge in [0.15, 0.2) is 5.82 Å². The van der Waals surface area contributed by atoms with Gasteiger partial charge in [-0.05, 0) is 18.7 Å². The van der Waals surface area contributed by atoms with E-state index in [1.165, 1.54) is 0 Å². The van der Waals surface area contributed by atoms with Gasteiger partial charge >= 0.3 is 0 Å². The molecule has 6 nitrogen and oxygen atoms in total. The van der Waals surface area contributed by atoms with Crippen LogP contribution >= 0.6 is 11.6 Å². The van der Waals surface area contributed by atoms with E-state index in [1.807, 2.05) is 18.2 Å². The van der Waals surface area contributed by atoms with Gasteiger partial charge in [-0.15, -0.1) is 0 Å². The summed E-state index contributed by atoms with van der Waals surface area (Å²) in [6, 6.07) is 8.14. The van der Waals surface area contributed by atoms with Crippen LogP contribution in [-0.2, 0) is 0 Å². The van der Waals surface area contributed by atoms with Crippen molar-refractivity contribution in [3.05, 3.63) is 47.2 Å². The van der Waals surface area contributed by atoms with E-state index >= 15 is 0 Å². The molecule has 1 aromatic heterocycles. The summed E-state index contributed by atoms with van der Waals surface area (Å²) in [6.45, 7) is 2.70. The second-order valence-corrected chi connectivity index (χ2v) is 6.16. The third-order valence-corrected chi connectivity index (χ3v) is 4.52. The van der Waals surface area contributed by atoms with Crippen LogP contribution in [0.5, 0.6) is 5.88 Å². The Hall–Kier alpha value is -1.89. The number of halogens is 1. The molecule has 1 fully saturated rings. The SMILES string of the molecule is CN1CCN(c2cncc(OCCO)n2)CC1c1ccccc1Cl. The van der Waals surface area contributed by atoms with E-state index in [9.17, 15) is 0 Å². The number of hydrogen-bond donors (Lipinski definition) is 1. The van der Waals surface area contributed by atoms with Crippen LogP contribution in [0.4, 0.5) is 5.82 Å². The van der Waals surface area contributed by atoms with Crippen LogP contribution in [0, 0.1) is 0 Å². The number of anilines is 1. The average molecular weight is 349 g/mol. The molecular formula is C17H21ClN4O2. The highest BCUT2D eigenvalue weighted by molar-refractivity contribution is 6.31. The molecule has 1 N–H and O–H groups in total. The van der Waals surface area contributed by atoms with Gasteiger partial charge < -0.3 is 14.7 Å². The lowest BCUT2D eigenvalue weighted by molar-refractivity contribution is 0.195. The van der Waals surface area contributed by atoms with Crippen LogP contribution in [0.15, 0.2) is 36.7 Å². The summed E-state index contributed by atoms with van der Waals surface area (Å²) >= 11 is 6.38. The maximum absolute atomic E-state index is 8.86. The van der Waals surface area contributed by atoms with Crippen LogP contribution in [0.1, 0.15) is 11.6 Å². The molecule has 1 aliphatic heterocycles. The van der Waals surface area contributed by atoms with E-state index in [1.54, 1.807) is 12.4 Å². The van der Waals surface area contributed by atoms with Gasteiger partial charge in [0.2, 0.25) is 5.88 Å². The minimum atomic E-state index is -0.0466. The van der Waals surface area contributed by atoms with Gasteiger partial charge in [-0.3, -0.25) is 9.88 Å². The lowest BCUT2D eigenvalue weighted by Gasteiger charge is -2.40. The fourth-order valence-corrected chi connectivity index (χ4v) is 3.14. The van der Waals surface area contributed by atoms with Crippen molar-refractivity contribution in [1.82, 2.24) is 14.9 Å². The van der Waals surface area contributed by atoms with Crippen molar-refractivity contribution in [2.24, 2.45) is 0 Å². The summed E-state index contributed by atoms with van der Waals surface area (Å²) in [5.41, 5.74) is 1.12. The Morgan fingerprint density at radius 1 is 1.29 bits per heavy atom. The van der Waals surface area contributed by atoms with Gasteiger partial charge in [-0.1, -0.05) is 29.8 Å². The third-order valence-electron chi connectivity index (χ3n) is 4.18. The number of nitrogens with zero attached hydrogens (tertiary/aromatic N) is 4. The Kier molecular flexibility index (Phi) is 5.50. The Morgan fingerprint density at radius 2 is 2.12 bits per heavy atom. The van der Waals surface area contributed by atoms with Crippen molar-refractivity contribution < 1.29 is 9.84 Å². The van der Waals surface area contributed by atoms with Crippen LogP contribution in [0.3, 0.4) is 0 Å². The van der Waals surface area contributed by atoms with Crippen molar-refractivity contribution in [3.8, 4) is 5.88 Å². The molecule has 128 valence electrons. The summed E-state index contributed by atoms with van der Waals surface area (Å²) in [4.78, 5) is 13.2. The molecule has 0 spiro atoms. The minimum Gasteiger partial charge on any atom is -0.474 e. The van der Waals surface area contributed by atoms with Gasteiger partial charge in [0, 0.05) is 24.7 Å². The number of likely N-dealkylation sites (N-methyl/N-ethyl adjacent to an activating group) is 1. The molecule has 1 atom stereocenters. The Bertz CT molecular complexity index is 685. The standard InChI is InChI=1S/C17H21ClN4O2/c1-21-6-7-22(12-15(21)13-4-2-3-5-14(13)18)16-10-19-11-17(20-16)24-9-8-23/h2-5,10-11,15,23H,6-9,12H2,1H3. The zero-order valence-corrected chi connectivity index (χ0v) is 14.4. The molecule has 0 aliphatic carbocycles. The minimum absolute atomic E-state index is 0.0466. The number of hydrogen-bond acceptors (Lipinski definition) is 6. The first-order valence-electron chi connectivity index (χ1n) is 7.94. The van der Waals surface area contributed by atoms with E-state index in [-0.39, 0.29) is 19.3 Å². The molecule has 1 aliphatic rings. The molecule has 24 heavy (non-hydrogen) atoms. The zero-order valence-electron chi connectivity index (χ0n) is 13.6. The van der Waals surface area contributed by atoms with Gasteiger partial charge in [0.1, 0.15) is 6.61 Å². The molecule has 1 saturated heterocycles. The predicted octanol–water partition coefficient (Wildman–Crippen LogP) is 1.99. The predicted molar refractivity (Wildman–Crippen MR) is 93.6 cm³/mol. The third kappa shape index (κ3) is 3.77. The molecule has 0 bridgehead atoms. The monoisotopic (exact) mass is 348 g/mol. The topological polar surface area (TPSA) is 61.7 Å². The van der Waals surface area contributed by atoms with Crippen LogP contribution in [0.2, 0.25) is 5.02 Å². The van der Waals surface area contributed by atoms with Gasteiger partial charge in [-0.2, -0.15) is 4.98 Å². The van der Waals surface area contributed by atoms with Gasteiger partial charge in [-0.25, -0.2) is 0 Å². The number of ether oxygens (including phenoxy) is 1. The largest absolute Gasteiger partial charge is 0.474 e. The first-order valence-corrected chi connectivity index (χ1v) is 8.32. The van der Waals surface area contributed by atoms with Crippen LogP contribution in [-0.4, -0.2) is 59.9 Å². The van der Waals surface area contributed by atoms with Crippen LogP contribution in [0.25, 0.3) is 0 Å². The van der Waals surface area contributed by atoms with Crippen molar-refractivity contribution >= 4 is 17.4 Å². The van der Waals surface area contributed by atoms with E-state index in [0.29, 0.717) is 5.88 Å². The number of benzene rings is 1. The van der Waals surface area contributed by atoms with Crippen molar-refractivity contribution in [3.63, 3.8) is 0 Å². The van der Waals surface area contributed by atoms with Crippen molar-refractivity contribution in [2.45, 2.75) is 6.04 Å². The molecule has 0 amide bonds. The molecule has 2 aromatic rings. The lowest BCUT2D eigenvalue weighted by atomic mass is 10.0. The number of aliphatic hydroxyl groups excluding tert-OH is 1. The zero-order chi connectivity index (χ0) is 16.9. The number of aliphatic hydroxyl groups is 1. The summed E-state index contributed by atoms with van der Waals surface area (Å²) < 4.78 is 5.36. The first kappa shape index (κ1) is 17.0. The van der Waals surface area contributed by atoms with E-state index < -0.39 is 0 Å². The Morgan fingerprint density at radius 3 is 2.92 bits per heavy atom. The highest BCUT2D eigenvalue weighted by atomic mass is 35.5. The maximum atomic E-state index is 8.86. The summed E-state index contributed by atoms with van der Waals surface area (Å²) in [7, 11) is 2.11. The molecule has 2 heterocycles. The normalized spacial score (nSPS) is 18.6. The molecule has 1 aromatic carbocycles. The van der Waals surface area contributed by atoms with E-state index in [0.717, 1.165) is 36.0 Å². The molecule has 7 heteroatoms. The van der Waals surface area contributed by atoms with Crippen molar-refractivity contribution in [2.75, 3.05) is 44.8 Å². The number of piperazine rings is 1. The molecule has 1 unspecified atom stereocenters. The Balaban J connectivity index is 1.79. The maximum Gasteiger partial charge on any atom is 0.234 e. The number of rotatable bonds is 5. The fraction of sp³-hybridized carbons (Fsp3) is 0.412. The van der Waals surface area contributed by atoms with Crippen LogP contribution < -0.4 is 9.64 Å². The van der Waals surface area contributed by atoms with Crippen molar-refractivity contribution in [1.29, 1.82) is 0 Å². The first-order chi connectivity index (χ1) is 11.7. The molecule has 0 saturated carbocycles. The highest BCUT2D eigenvalue weighted by Crippen LogP contribution is 2.31. The fourth-order valence-electron chi connectivity index (χ4n) is 2.87. The summed E-state index contributed by atoms with van der Waals surface area (Å²) in [6.07, 6.45) is 3.29. The second kappa shape index (κ2) is 7.79.